The maximum absolute atomic E-state index is 12.6. The van der Waals surface area contributed by atoms with E-state index in [4.69, 9.17) is 0 Å². The monoisotopic (exact) mass is 420 g/mol. The van der Waals surface area contributed by atoms with E-state index < -0.39 is 0 Å². The molecule has 1 amide bonds. The first-order chi connectivity index (χ1) is 14.5. The summed E-state index contributed by atoms with van der Waals surface area (Å²) in [6.07, 6.45) is 2.09. The molecule has 4 nitrogen and oxygen atoms in total. The molecule has 0 spiro atoms. The zero-order valence-electron chi connectivity index (χ0n) is 17.6. The summed E-state index contributed by atoms with van der Waals surface area (Å²) in [5.74, 6) is 0.529. The molecule has 0 aliphatic carbocycles. The second-order valence-corrected chi connectivity index (χ2v) is 9.39. The Morgan fingerprint density at radius 1 is 1.07 bits per heavy atom. The summed E-state index contributed by atoms with van der Waals surface area (Å²) in [6.45, 7) is 6.28. The lowest BCUT2D eigenvalue weighted by Gasteiger charge is -2.35. The van der Waals surface area contributed by atoms with Crippen LogP contribution in [0.2, 0.25) is 0 Å². The molecule has 3 aromatic rings. The van der Waals surface area contributed by atoms with Crippen LogP contribution in [0, 0.1) is 5.92 Å². The van der Waals surface area contributed by atoms with Crippen LogP contribution in [0.1, 0.15) is 43.0 Å². The highest BCUT2D eigenvalue weighted by molar-refractivity contribution is 7.19. The standard InChI is InChI=1S/C25H28N2O2S/c1-17(28)25(20-10-12-27(13-11-20)16-19-6-4-3-5-7-19)24-15-21-14-22(26-18(2)29)8-9-23(21)30-24/h3-9,14-15,20,25H,10-13,16H2,1-2H3,(H,26,29). The highest BCUT2D eigenvalue weighted by Gasteiger charge is 2.31. The quantitative estimate of drug-likeness (QED) is 0.577. The molecule has 1 aromatic heterocycles. The highest BCUT2D eigenvalue weighted by atomic mass is 32.1. The number of fused-ring (bicyclic) bond motifs is 1. The average Bonchev–Trinajstić information content (AvgIpc) is 3.12. The second-order valence-electron chi connectivity index (χ2n) is 8.27. The van der Waals surface area contributed by atoms with Gasteiger partial charge in [0.1, 0.15) is 5.78 Å². The van der Waals surface area contributed by atoms with Gasteiger partial charge in [-0.15, -0.1) is 11.3 Å². The fourth-order valence-electron chi connectivity index (χ4n) is 4.55. The fraction of sp³-hybridized carbons (Fsp3) is 0.360. The van der Waals surface area contributed by atoms with Crippen molar-refractivity contribution in [2.75, 3.05) is 18.4 Å². The van der Waals surface area contributed by atoms with E-state index >= 15 is 0 Å². The van der Waals surface area contributed by atoms with Crippen molar-refractivity contribution in [3.05, 3.63) is 65.0 Å². The fourth-order valence-corrected chi connectivity index (χ4v) is 5.85. The van der Waals surface area contributed by atoms with Gasteiger partial charge in [-0.05, 0) is 74.0 Å². The first-order valence-corrected chi connectivity index (χ1v) is 11.4. The molecule has 0 bridgehead atoms. The summed E-state index contributed by atoms with van der Waals surface area (Å²) in [7, 11) is 0. The number of thiophene rings is 1. The third-order valence-corrected chi connectivity index (χ3v) is 7.15. The highest BCUT2D eigenvalue weighted by Crippen LogP contribution is 2.40. The Labute approximate surface area is 181 Å². The minimum Gasteiger partial charge on any atom is -0.326 e. The Morgan fingerprint density at radius 3 is 2.47 bits per heavy atom. The molecule has 2 heterocycles. The van der Waals surface area contributed by atoms with Crippen LogP contribution < -0.4 is 5.32 Å². The Morgan fingerprint density at radius 2 is 1.80 bits per heavy atom. The van der Waals surface area contributed by atoms with Crippen molar-refractivity contribution in [2.45, 2.75) is 39.2 Å². The molecule has 4 rings (SSSR count). The third-order valence-electron chi connectivity index (χ3n) is 5.95. The zero-order valence-corrected chi connectivity index (χ0v) is 18.4. The van der Waals surface area contributed by atoms with Crippen LogP contribution in [0.5, 0.6) is 0 Å². The summed E-state index contributed by atoms with van der Waals surface area (Å²) >= 11 is 1.71. The van der Waals surface area contributed by atoms with Crippen molar-refractivity contribution in [1.29, 1.82) is 0 Å². The zero-order chi connectivity index (χ0) is 21.1. The van der Waals surface area contributed by atoms with Crippen molar-refractivity contribution in [3.8, 4) is 0 Å². The Hall–Kier alpha value is -2.50. The van der Waals surface area contributed by atoms with Crippen molar-refractivity contribution >= 4 is 38.8 Å². The summed E-state index contributed by atoms with van der Waals surface area (Å²) in [4.78, 5) is 27.6. The van der Waals surface area contributed by atoms with Crippen LogP contribution in [0.3, 0.4) is 0 Å². The Bertz CT molecular complexity index is 1040. The van der Waals surface area contributed by atoms with Crippen molar-refractivity contribution < 1.29 is 9.59 Å². The topological polar surface area (TPSA) is 49.4 Å². The van der Waals surface area contributed by atoms with Gasteiger partial charge in [-0.25, -0.2) is 0 Å². The molecule has 0 saturated carbocycles. The lowest BCUT2D eigenvalue weighted by atomic mass is 9.81. The van der Waals surface area contributed by atoms with Gasteiger partial charge in [0.2, 0.25) is 5.91 Å². The number of anilines is 1. The van der Waals surface area contributed by atoms with Crippen LogP contribution in [0.15, 0.2) is 54.6 Å². The average molecular weight is 421 g/mol. The molecule has 0 radical (unpaired) electrons. The van der Waals surface area contributed by atoms with Crippen LogP contribution in [0.4, 0.5) is 5.69 Å². The van der Waals surface area contributed by atoms with E-state index in [1.54, 1.807) is 18.3 Å². The molecular weight excluding hydrogens is 392 g/mol. The number of nitrogens with one attached hydrogen (secondary N) is 1. The van der Waals surface area contributed by atoms with Gasteiger partial charge in [0.05, 0.1) is 5.92 Å². The first kappa shape index (κ1) is 20.8. The molecule has 1 aliphatic rings. The molecular formula is C25H28N2O2S. The maximum Gasteiger partial charge on any atom is 0.221 e. The van der Waals surface area contributed by atoms with E-state index in [1.165, 1.54) is 12.5 Å². The number of Topliss-reactive ketones (excluding diaryl/α,β-unsaturated/α-hetero) is 1. The molecule has 1 unspecified atom stereocenters. The molecule has 1 saturated heterocycles. The number of hydrogen-bond donors (Lipinski definition) is 1. The van der Waals surface area contributed by atoms with Gasteiger partial charge in [0, 0.05) is 28.7 Å². The SMILES string of the molecule is CC(=O)Nc1ccc2sc(C(C(C)=O)C3CCN(Cc4ccccc4)CC3)cc2c1. The normalized spacial score (nSPS) is 16.5. The largest absolute Gasteiger partial charge is 0.326 e. The summed E-state index contributed by atoms with van der Waals surface area (Å²) < 4.78 is 1.16. The number of likely N-dealkylation sites (tertiary alicyclic amines) is 1. The van der Waals surface area contributed by atoms with E-state index in [2.05, 4.69) is 46.6 Å². The number of benzene rings is 2. The summed E-state index contributed by atoms with van der Waals surface area (Å²) in [5, 5.41) is 3.93. The van der Waals surface area contributed by atoms with Crippen molar-refractivity contribution in [2.24, 2.45) is 5.92 Å². The number of amides is 1. The molecule has 1 fully saturated rings. The molecule has 30 heavy (non-hydrogen) atoms. The predicted octanol–water partition coefficient (Wildman–Crippen LogP) is 5.44. The smallest absolute Gasteiger partial charge is 0.221 e. The van der Waals surface area contributed by atoms with Gasteiger partial charge in [-0.2, -0.15) is 0 Å². The Kier molecular flexibility index (Phi) is 6.30. The van der Waals surface area contributed by atoms with Gasteiger partial charge in [0.15, 0.2) is 0 Å². The van der Waals surface area contributed by atoms with Crippen LogP contribution >= 0.6 is 11.3 Å². The molecule has 1 atom stereocenters. The van der Waals surface area contributed by atoms with Crippen molar-refractivity contribution in [1.82, 2.24) is 4.90 Å². The van der Waals surface area contributed by atoms with Crippen LogP contribution in [-0.4, -0.2) is 29.7 Å². The number of rotatable bonds is 6. The maximum atomic E-state index is 12.6. The van der Waals surface area contributed by atoms with E-state index in [1.807, 2.05) is 18.2 Å². The van der Waals surface area contributed by atoms with Crippen molar-refractivity contribution in [3.63, 3.8) is 0 Å². The van der Waals surface area contributed by atoms with Gasteiger partial charge in [0.25, 0.3) is 0 Å². The molecule has 1 N–H and O–H groups in total. The second kappa shape index (κ2) is 9.11. The Balaban J connectivity index is 1.47. The lowest BCUT2D eigenvalue weighted by molar-refractivity contribution is -0.120. The number of hydrogen-bond acceptors (Lipinski definition) is 4. The number of piperidine rings is 1. The third kappa shape index (κ3) is 4.79. The number of carbonyl (C=O) groups excluding carboxylic acids is 2. The van der Waals surface area contributed by atoms with E-state index in [9.17, 15) is 9.59 Å². The van der Waals surface area contributed by atoms with E-state index in [0.717, 1.165) is 53.1 Å². The van der Waals surface area contributed by atoms with E-state index in [-0.39, 0.29) is 17.6 Å². The molecule has 156 valence electrons. The van der Waals surface area contributed by atoms with E-state index in [0.29, 0.717) is 5.92 Å². The van der Waals surface area contributed by atoms with Gasteiger partial charge >= 0.3 is 0 Å². The number of ketones is 1. The van der Waals surface area contributed by atoms with Gasteiger partial charge in [-0.3, -0.25) is 14.5 Å². The van der Waals surface area contributed by atoms with Crippen LogP contribution in [-0.2, 0) is 16.1 Å². The minimum absolute atomic E-state index is 0.0366. The number of nitrogens with zero attached hydrogens (tertiary/aromatic N) is 1. The predicted molar refractivity (Wildman–Crippen MR) is 124 cm³/mol. The lowest BCUT2D eigenvalue weighted by Crippen LogP contribution is -2.36. The van der Waals surface area contributed by atoms with Gasteiger partial charge < -0.3 is 5.32 Å². The van der Waals surface area contributed by atoms with Crippen LogP contribution in [0.25, 0.3) is 10.1 Å². The minimum atomic E-state index is -0.0753. The summed E-state index contributed by atoms with van der Waals surface area (Å²) in [5.41, 5.74) is 2.14. The molecule has 2 aromatic carbocycles. The first-order valence-electron chi connectivity index (χ1n) is 10.6. The molecule has 1 aliphatic heterocycles. The molecule has 5 heteroatoms. The van der Waals surface area contributed by atoms with Gasteiger partial charge in [-0.1, -0.05) is 30.3 Å². The number of carbonyl (C=O) groups is 2. The summed E-state index contributed by atoms with van der Waals surface area (Å²) in [6, 6.07) is 18.7.